The zero-order valence-corrected chi connectivity index (χ0v) is 31.4. The molecule has 0 saturated carbocycles. The predicted molar refractivity (Wildman–Crippen MR) is 191 cm³/mol. The Hall–Kier alpha value is -3.77. The number of carbonyl (C=O) groups is 3. The van der Waals surface area contributed by atoms with Crippen LogP contribution in [-0.4, -0.2) is 86.8 Å². The molecular weight excluding hydrogens is 657 g/mol. The number of likely N-dealkylation sites (tertiary alicyclic amines) is 2. The quantitative estimate of drug-likeness (QED) is 0.224. The minimum absolute atomic E-state index is 0.0601. The lowest BCUT2D eigenvalue weighted by atomic mass is 9.81. The van der Waals surface area contributed by atoms with Crippen molar-refractivity contribution in [1.82, 2.24) is 19.9 Å². The number of nitrogens with zero attached hydrogens (tertiary/aromatic N) is 4. The van der Waals surface area contributed by atoms with Crippen LogP contribution in [0.5, 0.6) is 5.88 Å². The Balaban J connectivity index is 1.19. The van der Waals surface area contributed by atoms with Gasteiger partial charge in [0.05, 0.1) is 34.8 Å². The molecule has 272 valence electrons. The van der Waals surface area contributed by atoms with Gasteiger partial charge in [-0.2, -0.15) is 0 Å². The van der Waals surface area contributed by atoms with E-state index >= 15 is 0 Å². The Morgan fingerprint density at radius 2 is 1.80 bits per heavy atom. The summed E-state index contributed by atoms with van der Waals surface area (Å²) in [5.74, 6) is -0.610. The van der Waals surface area contributed by atoms with E-state index in [1.54, 1.807) is 22.3 Å². The summed E-state index contributed by atoms with van der Waals surface area (Å²) in [6, 6.07) is 9.15. The molecular formula is C38H52N4O7S. The number of hydrogen-bond donors (Lipinski definition) is 1. The third-order valence-corrected chi connectivity index (χ3v) is 10.8. The first-order valence-electron chi connectivity index (χ1n) is 17.6. The second-order valence-electron chi connectivity index (χ2n) is 15.7. The first kappa shape index (κ1) is 37.5. The zero-order chi connectivity index (χ0) is 36.4. The molecule has 0 bridgehead atoms. The second kappa shape index (κ2) is 15.2. The van der Waals surface area contributed by atoms with Gasteiger partial charge in [-0.1, -0.05) is 52.0 Å². The van der Waals surface area contributed by atoms with Crippen LogP contribution >= 0.6 is 11.3 Å². The third kappa shape index (κ3) is 8.93. The molecule has 0 unspecified atom stereocenters. The highest BCUT2D eigenvalue weighted by molar-refractivity contribution is 7.13. The van der Waals surface area contributed by atoms with Crippen molar-refractivity contribution in [3.63, 3.8) is 0 Å². The molecule has 0 radical (unpaired) electrons. The maximum atomic E-state index is 14.1. The number of ketones is 1. The lowest BCUT2D eigenvalue weighted by Crippen LogP contribution is -2.46. The number of aryl methyl sites for hydroxylation is 1. The lowest BCUT2D eigenvalue weighted by molar-refractivity contribution is -0.140. The van der Waals surface area contributed by atoms with E-state index in [9.17, 15) is 19.5 Å². The molecule has 12 heteroatoms. The average molecular weight is 709 g/mol. The summed E-state index contributed by atoms with van der Waals surface area (Å²) in [6.07, 6.45) is 0.860. The minimum atomic E-state index is -0.783. The highest BCUT2D eigenvalue weighted by Crippen LogP contribution is 2.36. The van der Waals surface area contributed by atoms with Crippen LogP contribution in [-0.2, 0) is 14.3 Å². The van der Waals surface area contributed by atoms with Crippen molar-refractivity contribution in [3.05, 3.63) is 52.9 Å². The van der Waals surface area contributed by atoms with Crippen LogP contribution in [0.1, 0.15) is 103 Å². The fourth-order valence-corrected chi connectivity index (χ4v) is 7.62. The third-order valence-electron chi connectivity index (χ3n) is 9.87. The summed E-state index contributed by atoms with van der Waals surface area (Å²) in [4.78, 5) is 49.0. The van der Waals surface area contributed by atoms with Gasteiger partial charge < -0.3 is 28.9 Å². The molecule has 2 aromatic heterocycles. The van der Waals surface area contributed by atoms with Gasteiger partial charge in [0.25, 0.3) is 5.88 Å². The van der Waals surface area contributed by atoms with Crippen LogP contribution in [0, 0.1) is 18.3 Å². The number of β-amino-alcohol motifs (C(OH)–C–C–N with tert-alkyl or cyclic N) is 1. The van der Waals surface area contributed by atoms with Crippen molar-refractivity contribution in [2.45, 2.75) is 111 Å². The summed E-state index contributed by atoms with van der Waals surface area (Å²) in [7, 11) is 0. The van der Waals surface area contributed by atoms with Crippen LogP contribution in [0.15, 0.2) is 40.4 Å². The van der Waals surface area contributed by atoms with Crippen LogP contribution in [0.25, 0.3) is 10.4 Å². The van der Waals surface area contributed by atoms with E-state index in [2.05, 4.69) is 29.2 Å². The Kier molecular flexibility index (Phi) is 11.4. The summed E-state index contributed by atoms with van der Waals surface area (Å²) in [6.45, 7) is 17.2. The highest BCUT2D eigenvalue weighted by Gasteiger charge is 2.43. The number of rotatable bonds is 11. The van der Waals surface area contributed by atoms with Gasteiger partial charge in [0.15, 0.2) is 11.5 Å². The van der Waals surface area contributed by atoms with Crippen LogP contribution in [0.2, 0.25) is 0 Å². The van der Waals surface area contributed by atoms with E-state index in [0.717, 1.165) is 34.5 Å². The smallest absolute Gasteiger partial charge is 0.410 e. The van der Waals surface area contributed by atoms with Crippen molar-refractivity contribution in [1.29, 1.82) is 0 Å². The highest BCUT2D eigenvalue weighted by atomic mass is 32.1. The Bertz CT molecular complexity index is 1630. The van der Waals surface area contributed by atoms with Crippen LogP contribution < -0.4 is 4.74 Å². The predicted octanol–water partition coefficient (Wildman–Crippen LogP) is 6.99. The number of amides is 2. The first-order valence-corrected chi connectivity index (χ1v) is 18.5. The number of Topliss-reactive ketones (excluding diaryl/α,β-unsaturated/α-hetero) is 1. The molecule has 2 aliphatic rings. The van der Waals surface area contributed by atoms with E-state index in [4.69, 9.17) is 14.0 Å². The number of carbonyl (C=O) groups excluding carboxylic acids is 3. The van der Waals surface area contributed by atoms with Crippen molar-refractivity contribution in [3.8, 4) is 16.3 Å². The average Bonchev–Trinajstić information content (AvgIpc) is 3.79. The number of aliphatic hydroxyl groups excluding tert-OH is 1. The molecule has 2 fully saturated rings. The largest absolute Gasteiger partial charge is 0.475 e. The molecule has 2 aliphatic heterocycles. The number of aliphatic hydroxyl groups is 1. The summed E-state index contributed by atoms with van der Waals surface area (Å²) >= 11 is 1.60. The molecule has 50 heavy (non-hydrogen) atoms. The number of ether oxygens (including phenoxy) is 2. The van der Waals surface area contributed by atoms with Crippen molar-refractivity contribution < 1.29 is 33.5 Å². The van der Waals surface area contributed by atoms with Crippen molar-refractivity contribution in [2.75, 3.05) is 26.2 Å². The van der Waals surface area contributed by atoms with Gasteiger partial charge >= 0.3 is 6.09 Å². The molecule has 3 aromatic rings. The van der Waals surface area contributed by atoms with E-state index in [1.165, 1.54) is 4.90 Å². The Labute approximate surface area is 299 Å². The van der Waals surface area contributed by atoms with Gasteiger partial charge in [0.1, 0.15) is 11.5 Å². The molecule has 4 atom stereocenters. The van der Waals surface area contributed by atoms with Gasteiger partial charge in [-0.05, 0) is 68.7 Å². The van der Waals surface area contributed by atoms with Gasteiger partial charge in [-0.3, -0.25) is 9.59 Å². The zero-order valence-electron chi connectivity index (χ0n) is 30.6. The SMILES string of the molecule is Cc1ncsc1-c1ccc([C@H](C)CC(=O)[C@@H]2C[C@@H](O)CN2C(=O)[C@@H](c2cc(OCC3(C)CCN(C(=O)OC(C)(C)C)CC3)no2)C(C)C)cc1. The molecule has 1 N–H and O–H groups in total. The maximum Gasteiger partial charge on any atom is 0.410 e. The molecule has 2 saturated heterocycles. The summed E-state index contributed by atoms with van der Waals surface area (Å²) in [5, 5.41) is 14.8. The number of piperidine rings is 1. The van der Waals surface area contributed by atoms with E-state index in [-0.39, 0.29) is 60.3 Å². The van der Waals surface area contributed by atoms with E-state index in [1.807, 2.05) is 66.1 Å². The lowest BCUT2D eigenvalue weighted by Gasteiger charge is -2.39. The van der Waals surface area contributed by atoms with Gasteiger partial charge in [0.2, 0.25) is 5.91 Å². The van der Waals surface area contributed by atoms with Crippen molar-refractivity contribution >= 4 is 29.1 Å². The fraction of sp³-hybridized carbons (Fsp3) is 0.605. The second-order valence-corrected chi connectivity index (χ2v) is 16.6. The van der Waals surface area contributed by atoms with Crippen LogP contribution in [0.3, 0.4) is 0 Å². The standard InChI is InChI=1S/C38H52N4O7S/c1-23(2)33(31-19-32(40-49-31)47-21-38(8)13-15-41(16-14-38)36(46)48-37(5,6)7)35(45)42-20-28(43)18-29(42)30(44)17-24(3)26-9-11-27(12-10-26)34-25(4)39-22-50-34/h9-12,19,22-24,28-29,33,43H,13-18,20-21H2,1-8H3/t24-,28-,29+,33-/m1/s1. The Morgan fingerprint density at radius 3 is 2.40 bits per heavy atom. The molecule has 4 heterocycles. The topological polar surface area (TPSA) is 135 Å². The van der Waals surface area contributed by atoms with Gasteiger partial charge in [-0.15, -0.1) is 11.3 Å². The molecule has 1 aromatic carbocycles. The minimum Gasteiger partial charge on any atom is -0.475 e. The number of benzene rings is 1. The van der Waals surface area contributed by atoms with E-state index in [0.29, 0.717) is 25.5 Å². The molecule has 11 nitrogen and oxygen atoms in total. The summed E-state index contributed by atoms with van der Waals surface area (Å²) in [5.41, 5.74) is 4.25. The molecule has 2 amide bonds. The number of thiazole rings is 1. The monoisotopic (exact) mass is 708 g/mol. The normalized spacial score (nSPS) is 20.5. The summed E-state index contributed by atoms with van der Waals surface area (Å²) < 4.78 is 17.3. The van der Waals surface area contributed by atoms with Gasteiger partial charge in [0, 0.05) is 44.0 Å². The fourth-order valence-electron chi connectivity index (χ4n) is 6.81. The first-order chi connectivity index (χ1) is 23.5. The number of aromatic nitrogens is 2. The van der Waals surface area contributed by atoms with Crippen LogP contribution in [0.4, 0.5) is 4.79 Å². The molecule has 0 aliphatic carbocycles. The van der Waals surface area contributed by atoms with Crippen molar-refractivity contribution in [2.24, 2.45) is 11.3 Å². The Morgan fingerprint density at radius 1 is 1.12 bits per heavy atom. The number of hydrogen-bond acceptors (Lipinski definition) is 10. The molecule has 0 spiro atoms. The maximum absolute atomic E-state index is 14.1. The van der Waals surface area contributed by atoms with Gasteiger partial charge in [-0.25, -0.2) is 9.78 Å². The van der Waals surface area contributed by atoms with E-state index < -0.39 is 23.7 Å². The molecule has 5 rings (SSSR count).